The zero-order chi connectivity index (χ0) is 12.7. The molecule has 0 saturated carbocycles. The van der Waals surface area contributed by atoms with Crippen LogP contribution in [0.25, 0.3) is 10.9 Å². The van der Waals surface area contributed by atoms with E-state index in [1.807, 2.05) is 12.1 Å². The lowest BCUT2D eigenvalue weighted by Crippen LogP contribution is -2.19. The highest BCUT2D eigenvalue weighted by Crippen LogP contribution is 2.30. The number of aryl methyl sites for hydroxylation is 2. The first-order valence-corrected chi connectivity index (χ1v) is 6.44. The number of hydrogen-bond acceptors (Lipinski definition) is 2. The van der Waals surface area contributed by atoms with E-state index < -0.39 is 0 Å². The molecule has 1 aromatic heterocycles. The summed E-state index contributed by atoms with van der Waals surface area (Å²) in [5.41, 5.74) is 11.2. The van der Waals surface area contributed by atoms with Crippen molar-refractivity contribution in [1.29, 1.82) is 5.41 Å². The van der Waals surface area contributed by atoms with E-state index in [0.717, 1.165) is 40.6 Å². The van der Waals surface area contributed by atoms with E-state index in [2.05, 4.69) is 13.0 Å². The number of pyridine rings is 1. The minimum Gasteiger partial charge on any atom is -0.384 e. The van der Waals surface area contributed by atoms with E-state index in [0.29, 0.717) is 0 Å². The molecular formula is C15H17N3. The molecule has 3 nitrogen and oxygen atoms in total. The van der Waals surface area contributed by atoms with Gasteiger partial charge in [-0.05, 0) is 43.7 Å². The third-order valence-electron chi connectivity index (χ3n) is 3.76. The first kappa shape index (κ1) is 11.2. The number of rotatable bonds is 1. The minimum atomic E-state index is 0.172. The number of nitrogens with one attached hydrogen (secondary N) is 1. The molecule has 0 unspecified atom stereocenters. The molecule has 92 valence electrons. The van der Waals surface area contributed by atoms with Crippen molar-refractivity contribution in [2.24, 2.45) is 5.73 Å². The molecule has 0 saturated heterocycles. The Morgan fingerprint density at radius 1 is 1.28 bits per heavy atom. The minimum absolute atomic E-state index is 0.172. The van der Waals surface area contributed by atoms with Gasteiger partial charge < -0.3 is 5.73 Å². The molecule has 0 spiro atoms. The van der Waals surface area contributed by atoms with Gasteiger partial charge in [0.1, 0.15) is 5.84 Å². The average Bonchev–Trinajstić information content (AvgIpc) is 2.36. The van der Waals surface area contributed by atoms with Gasteiger partial charge in [0.05, 0.1) is 5.52 Å². The lowest BCUT2D eigenvalue weighted by atomic mass is 9.89. The summed E-state index contributed by atoms with van der Waals surface area (Å²) in [7, 11) is 0. The Balaban J connectivity index is 2.44. The van der Waals surface area contributed by atoms with Crippen LogP contribution in [0.3, 0.4) is 0 Å². The van der Waals surface area contributed by atoms with E-state index >= 15 is 0 Å². The molecule has 0 fully saturated rings. The summed E-state index contributed by atoms with van der Waals surface area (Å²) < 4.78 is 0. The second-order valence-electron chi connectivity index (χ2n) is 5.00. The topological polar surface area (TPSA) is 62.8 Å². The Morgan fingerprint density at radius 2 is 2.06 bits per heavy atom. The van der Waals surface area contributed by atoms with Gasteiger partial charge in [-0.15, -0.1) is 0 Å². The summed E-state index contributed by atoms with van der Waals surface area (Å²) in [6, 6.07) is 6.11. The smallest absolute Gasteiger partial charge is 0.123 e. The average molecular weight is 239 g/mol. The first-order valence-electron chi connectivity index (χ1n) is 6.44. The van der Waals surface area contributed by atoms with E-state index in [4.69, 9.17) is 16.1 Å². The fraction of sp³-hybridized carbons (Fsp3) is 0.333. The number of nitrogen functional groups attached to an aromatic ring is 1. The van der Waals surface area contributed by atoms with Gasteiger partial charge in [0, 0.05) is 16.6 Å². The lowest BCUT2D eigenvalue weighted by Gasteiger charge is -2.20. The number of hydrogen-bond donors (Lipinski definition) is 2. The highest BCUT2D eigenvalue weighted by atomic mass is 14.7. The van der Waals surface area contributed by atoms with Gasteiger partial charge in [-0.25, -0.2) is 0 Å². The SMILES string of the molecule is Cc1cccc2c(C(=N)N)c3c(nc12)CCCC3. The molecule has 3 N–H and O–H groups in total. The molecule has 1 aliphatic rings. The van der Waals surface area contributed by atoms with Crippen LogP contribution in [0.15, 0.2) is 18.2 Å². The van der Waals surface area contributed by atoms with E-state index in [9.17, 15) is 0 Å². The number of benzene rings is 1. The van der Waals surface area contributed by atoms with Gasteiger partial charge in [-0.1, -0.05) is 18.2 Å². The summed E-state index contributed by atoms with van der Waals surface area (Å²) in [6.07, 6.45) is 4.38. The molecule has 1 aliphatic carbocycles. The van der Waals surface area contributed by atoms with Crippen molar-refractivity contribution in [3.63, 3.8) is 0 Å². The molecule has 0 aliphatic heterocycles. The monoisotopic (exact) mass is 239 g/mol. The van der Waals surface area contributed by atoms with Crippen molar-refractivity contribution in [2.45, 2.75) is 32.6 Å². The van der Waals surface area contributed by atoms with Gasteiger partial charge in [0.25, 0.3) is 0 Å². The quantitative estimate of drug-likeness (QED) is 0.593. The fourth-order valence-electron chi connectivity index (χ4n) is 2.90. The van der Waals surface area contributed by atoms with Crippen molar-refractivity contribution < 1.29 is 0 Å². The van der Waals surface area contributed by atoms with Crippen molar-refractivity contribution >= 4 is 16.7 Å². The lowest BCUT2D eigenvalue weighted by molar-refractivity contribution is 0.670. The van der Waals surface area contributed by atoms with Crippen LogP contribution >= 0.6 is 0 Å². The normalized spacial score (nSPS) is 14.5. The van der Waals surface area contributed by atoms with Crippen LogP contribution in [0.5, 0.6) is 0 Å². The number of fused-ring (bicyclic) bond motifs is 2. The second-order valence-corrected chi connectivity index (χ2v) is 5.00. The van der Waals surface area contributed by atoms with Crippen LogP contribution in [0.1, 0.15) is 35.2 Å². The molecule has 3 heteroatoms. The van der Waals surface area contributed by atoms with Crippen LogP contribution in [-0.4, -0.2) is 10.8 Å². The predicted octanol–water partition coefficient (Wildman–Crippen LogP) is 2.71. The molecule has 0 radical (unpaired) electrons. The van der Waals surface area contributed by atoms with Gasteiger partial charge in [-0.2, -0.15) is 0 Å². The maximum absolute atomic E-state index is 7.88. The third kappa shape index (κ3) is 1.58. The fourth-order valence-corrected chi connectivity index (χ4v) is 2.90. The molecule has 18 heavy (non-hydrogen) atoms. The molecule has 1 aromatic carbocycles. The van der Waals surface area contributed by atoms with Crippen molar-refractivity contribution in [3.8, 4) is 0 Å². The molecule has 1 heterocycles. The van der Waals surface area contributed by atoms with Crippen LogP contribution in [0.4, 0.5) is 0 Å². The van der Waals surface area contributed by atoms with Crippen LogP contribution < -0.4 is 5.73 Å². The highest BCUT2D eigenvalue weighted by molar-refractivity contribution is 6.08. The number of amidine groups is 1. The number of nitrogens with zero attached hydrogens (tertiary/aromatic N) is 1. The standard InChI is InChI=1S/C15H17N3/c1-9-5-4-7-11-13(15(16)17)10-6-2-3-8-12(10)18-14(9)11/h4-5,7H,2-3,6,8H2,1H3,(H3,16,17). The summed E-state index contributed by atoms with van der Waals surface area (Å²) in [4.78, 5) is 4.81. The Labute approximate surface area is 107 Å². The first-order chi connectivity index (χ1) is 8.68. The van der Waals surface area contributed by atoms with Crippen molar-refractivity contribution in [1.82, 2.24) is 4.98 Å². The zero-order valence-electron chi connectivity index (χ0n) is 10.6. The molecule has 2 aromatic rings. The largest absolute Gasteiger partial charge is 0.384 e. The molecule has 0 atom stereocenters. The molecule has 0 amide bonds. The summed E-state index contributed by atoms with van der Waals surface area (Å²) in [5, 5.41) is 8.91. The van der Waals surface area contributed by atoms with Crippen molar-refractivity contribution in [3.05, 3.63) is 40.6 Å². The summed E-state index contributed by atoms with van der Waals surface area (Å²) in [5.74, 6) is 0.172. The van der Waals surface area contributed by atoms with Crippen molar-refractivity contribution in [2.75, 3.05) is 0 Å². The van der Waals surface area contributed by atoms with Gasteiger partial charge >= 0.3 is 0 Å². The van der Waals surface area contributed by atoms with E-state index in [1.54, 1.807) is 0 Å². The van der Waals surface area contributed by atoms with E-state index in [-0.39, 0.29) is 5.84 Å². The summed E-state index contributed by atoms with van der Waals surface area (Å²) >= 11 is 0. The Kier molecular flexibility index (Phi) is 2.54. The maximum atomic E-state index is 7.88. The zero-order valence-corrected chi connectivity index (χ0v) is 10.6. The molecule has 0 bridgehead atoms. The van der Waals surface area contributed by atoms with Crippen LogP contribution in [0.2, 0.25) is 0 Å². The van der Waals surface area contributed by atoms with Gasteiger partial charge in [0.2, 0.25) is 0 Å². The van der Waals surface area contributed by atoms with E-state index in [1.165, 1.54) is 18.4 Å². The second kappa shape index (κ2) is 4.09. The Morgan fingerprint density at radius 3 is 2.83 bits per heavy atom. The Bertz CT molecular complexity index is 644. The summed E-state index contributed by atoms with van der Waals surface area (Å²) in [6.45, 7) is 2.06. The molecule has 3 rings (SSSR count). The highest BCUT2D eigenvalue weighted by Gasteiger charge is 2.19. The third-order valence-corrected chi connectivity index (χ3v) is 3.76. The van der Waals surface area contributed by atoms with Crippen LogP contribution in [0, 0.1) is 12.3 Å². The van der Waals surface area contributed by atoms with Crippen LogP contribution in [-0.2, 0) is 12.8 Å². The number of aromatic nitrogens is 1. The van der Waals surface area contributed by atoms with Gasteiger partial charge in [-0.3, -0.25) is 10.4 Å². The molecular weight excluding hydrogens is 222 g/mol. The van der Waals surface area contributed by atoms with Gasteiger partial charge in [0.15, 0.2) is 0 Å². The Hall–Kier alpha value is -1.90. The number of nitrogens with two attached hydrogens (primary N) is 1. The maximum Gasteiger partial charge on any atom is 0.123 e. The number of para-hydroxylation sites is 1. The predicted molar refractivity (Wildman–Crippen MR) is 74.1 cm³/mol.